The van der Waals surface area contributed by atoms with Crippen LogP contribution in [0.25, 0.3) is 0 Å². The van der Waals surface area contributed by atoms with Gasteiger partial charge in [0, 0.05) is 31.0 Å². The van der Waals surface area contributed by atoms with Crippen molar-refractivity contribution in [1.29, 1.82) is 0 Å². The second-order valence-electron chi connectivity index (χ2n) is 8.09. The molecule has 2 aromatic rings. The summed E-state index contributed by atoms with van der Waals surface area (Å²) in [6.07, 6.45) is 5.85. The van der Waals surface area contributed by atoms with E-state index in [0.717, 1.165) is 31.4 Å². The molecule has 2 saturated heterocycles. The Bertz CT molecular complexity index is 794. The summed E-state index contributed by atoms with van der Waals surface area (Å²) in [6, 6.07) is 17.5. The van der Waals surface area contributed by atoms with Gasteiger partial charge in [-0.2, -0.15) is 0 Å². The van der Waals surface area contributed by atoms with Crippen molar-refractivity contribution in [1.82, 2.24) is 10.2 Å². The number of fused-ring (bicyclic) bond motifs is 1. The summed E-state index contributed by atoms with van der Waals surface area (Å²) >= 11 is 0. The molecule has 148 valence electrons. The number of carbonyl (C=O) groups is 1. The molecule has 4 rings (SSSR count). The molecule has 2 fully saturated rings. The third-order valence-electron chi connectivity index (χ3n) is 6.27. The lowest BCUT2D eigenvalue weighted by Crippen LogP contribution is -2.47. The summed E-state index contributed by atoms with van der Waals surface area (Å²) in [5.41, 5.74) is 2.20. The molecule has 0 radical (unpaired) electrons. The number of benzene rings is 2. The van der Waals surface area contributed by atoms with E-state index in [0.29, 0.717) is 13.0 Å². The zero-order valence-corrected chi connectivity index (χ0v) is 16.3. The van der Waals surface area contributed by atoms with Crippen LogP contribution in [0.15, 0.2) is 54.6 Å². The summed E-state index contributed by atoms with van der Waals surface area (Å²) in [5, 5.41) is 3.69. The molecule has 2 aliphatic heterocycles. The number of likely N-dealkylation sites (tertiary alicyclic amines) is 1. The maximum Gasteiger partial charge on any atom is 0.223 e. The van der Waals surface area contributed by atoms with E-state index in [1.165, 1.54) is 24.5 Å². The van der Waals surface area contributed by atoms with Gasteiger partial charge in [0.1, 0.15) is 5.82 Å². The molecule has 0 bridgehead atoms. The maximum atomic E-state index is 13.9. The van der Waals surface area contributed by atoms with E-state index in [1.54, 1.807) is 12.1 Å². The van der Waals surface area contributed by atoms with Gasteiger partial charge in [0.25, 0.3) is 0 Å². The largest absolute Gasteiger partial charge is 0.337 e. The molecule has 1 amide bonds. The molecule has 0 unspecified atom stereocenters. The van der Waals surface area contributed by atoms with E-state index >= 15 is 0 Å². The van der Waals surface area contributed by atoms with Crippen molar-refractivity contribution >= 4 is 5.91 Å². The molecular weight excluding hydrogens is 351 g/mol. The number of halogens is 1. The predicted molar refractivity (Wildman–Crippen MR) is 110 cm³/mol. The highest BCUT2D eigenvalue weighted by Crippen LogP contribution is 2.36. The average Bonchev–Trinajstić information content (AvgIpc) is 3.04. The normalized spacial score (nSPS) is 25.0. The molecule has 2 aromatic carbocycles. The Morgan fingerprint density at radius 3 is 2.75 bits per heavy atom. The lowest BCUT2D eigenvalue weighted by atomic mass is 9.88. The minimum Gasteiger partial charge on any atom is -0.337 e. The molecular formula is C24H29FN2O. The summed E-state index contributed by atoms with van der Waals surface area (Å²) < 4.78 is 13.9. The molecule has 2 aliphatic rings. The number of amides is 1. The van der Waals surface area contributed by atoms with Crippen molar-refractivity contribution < 1.29 is 9.18 Å². The van der Waals surface area contributed by atoms with Gasteiger partial charge in [-0.15, -0.1) is 0 Å². The van der Waals surface area contributed by atoms with Gasteiger partial charge in [0.15, 0.2) is 0 Å². The second-order valence-corrected chi connectivity index (χ2v) is 8.09. The van der Waals surface area contributed by atoms with Crippen LogP contribution in [0.5, 0.6) is 0 Å². The van der Waals surface area contributed by atoms with Gasteiger partial charge < -0.3 is 10.2 Å². The van der Waals surface area contributed by atoms with E-state index < -0.39 is 0 Å². The van der Waals surface area contributed by atoms with E-state index in [9.17, 15) is 9.18 Å². The van der Waals surface area contributed by atoms with Crippen molar-refractivity contribution in [3.8, 4) is 0 Å². The lowest BCUT2D eigenvalue weighted by molar-refractivity contribution is -0.132. The quantitative estimate of drug-likeness (QED) is 0.858. The highest BCUT2D eigenvalue weighted by atomic mass is 19.1. The Kier molecular flexibility index (Phi) is 6.06. The first-order valence-electron chi connectivity index (χ1n) is 10.5. The first-order valence-corrected chi connectivity index (χ1v) is 10.5. The van der Waals surface area contributed by atoms with Gasteiger partial charge in [0.2, 0.25) is 5.91 Å². The molecule has 3 nitrogen and oxygen atoms in total. The molecule has 28 heavy (non-hydrogen) atoms. The zero-order valence-electron chi connectivity index (χ0n) is 16.3. The number of hydrogen-bond acceptors (Lipinski definition) is 2. The van der Waals surface area contributed by atoms with E-state index in [1.807, 2.05) is 24.3 Å². The number of rotatable bonds is 4. The van der Waals surface area contributed by atoms with Crippen LogP contribution in [0.1, 0.15) is 49.1 Å². The van der Waals surface area contributed by atoms with Crippen molar-refractivity contribution in [3.63, 3.8) is 0 Å². The first-order chi connectivity index (χ1) is 13.7. The van der Waals surface area contributed by atoms with Crippen molar-refractivity contribution in [2.45, 2.75) is 56.5 Å². The number of carbonyl (C=O) groups excluding carboxylic acids is 1. The Morgan fingerprint density at radius 1 is 1.07 bits per heavy atom. The van der Waals surface area contributed by atoms with Gasteiger partial charge in [0.05, 0.1) is 0 Å². The highest BCUT2D eigenvalue weighted by Gasteiger charge is 2.43. The van der Waals surface area contributed by atoms with Crippen LogP contribution in [0.3, 0.4) is 0 Å². The molecule has 0 aromatic heterocycles. The summed E-state index contributed by atoms with van der Waals surface area (Å²) in [4.78, 5) is 15.2. The number of hydrogen-bond donors (Lipinski definition) is 1. The van der Waals surface area contributed by atoms with Gasteiger partial charge in [-0.3, -0.25) is 4.79 Å². The summed E-state index contributed by atoms with van der Waals surface area (Å²) in [5.74, 6) is 0.174. The Morgan fingerprint density at radius 2 is 1.93 bits per heavy atom. The van der Waals surface area contributed by atoms with Crippen LogP contribution in [-0.4, -0.2) is 36.0 Å². The highest BCUT2D eigenvalue weighted by molar-refractivity contribution is 5.77. The lowest BCUT2D eigenvalue weighted by Gasteiger charge is -2.31. The fraction of sp³-hybridized carbons (Fsp3) is 0.458. The minimum atomic E-state index is -0.200. The fourth-order valence-corrected chi connectivity index (χ4v) is 4.84. The molecule has 0 aliphatic carbocycles. The van der Waals surface area contributed by atoms with Crippen molar-refractivity contribution in [2.75, 3.05) is 13.1 Å². The van der Waals surface area contributed by atoms with Gasteiger partial charge in [-0.1, -0.05) is 55.3 Å². The summed E-state index contributed by atoms with van der Waals surface area (Å²) in [7, 11) is 0. The molecule has 0 spiro atoms. The van der Waals surface area contributed by atoms with Crippen LogP contribution in [0.2, 0.25) is 0 Å². The standard InChI is InChI=1S/C24H29FN2O/c25-20-11-7-10-19(16-20)21-17-27(22-12-5-2-6-15-26-24(21)22)23(28)14-13-18-8-3-1-4-9-18/h1,3-4,7-11,16,21-22,24,26H,2,5-6,12-15,17H2/t21-,22+,24-/m0/s1. The second kappa shape index (κ2) is 8.87. The third-order valence-corrected chi connectivity index (χ3v) is 6.27. The SMILES string of the molecule is O=C(CCc1ccccc1)N1C[C@@H](c2cccc(F)c2)[C@@H]2NCCCCC[C@H]21. The molecule has 4 heteroatoms. The monoisotopic (exact) mass is 380 g/mol. The summed E-state index contributed by atoms with van der Waals surface area (Å²) in [6.45, 7) is 1.65. The Balaban J connectivity index is 1.53. The van der Waals surface area contributed by atoms with Gasteiger partial charge in [-0.05, 0) is 49.1 Å². The van der Waals surface area contributed by atoms with Crippen LogP contribution >= 0.6 is 0 Å². The van der Waals surface area contributed by atoms with Crippen molar-refractivity contribution in [3.05, 3.63) is 71.5 Å². The fourth-order valence-electron chi connectivity index (χ4n) is 4.84. The average molecular weight is 381 g/mol. The first kappa shape index (κ1) is 19.1. The number of aryl methyl sites for hydroxylation is 1. The van der Waals surface area contributed by atoms with E-state index in [4.69, 9.17) is 0 Å². The molecule has 0 saturated carbocycles. The maximum absolute atomic E-state index is 13.9. The van der Waals surface area contributed by atoms with Crippen molar-refractivity contribution in [2.24, 2.45) is 0 Å². The van der Waals surface area contributed by atoms with Gasteiger partial charge in [-0.25, -0.2) is 4.39 Å². The zero-order chi connectivity index (χ0) is 19.3. The topological polar surface area (TPSA) is 32.3 Å². The Hall–Kier alpha value is -2.20. The Labute approximate surface area is 166 Å². The smallest absolute Gasteiger partial charge is 0.223 e. The molecule has 3 atom stereocenters. The van der Waals surface area contributed by atoms with E-state index in [-0.39, 0.29) is 29.7 Å². The van der Waals surface area contributed by atoms with Crippen LogP contribution in [0.4, 0.5) is 4.39 Å². The van der Waals surface area contributed by atoms with E-state index in [2.05, 4.69) is 22.3 Å². The molecule has 2 heterocycles. The number of nitrogens with one attached hydrogen (secondary N) is 1. The van der Waals surface area contributed by atoms with Crippen LogP contribution < -0.4 is 5.32 Å². The van der Waals surface area contributed by atoms with Crippen LogP contribution in [0, 0.1) is 5.82 Å². The minimum absolute atomic E-state index is 0.152. The third kappa shape index (κ3) is 4.27. The molecule has 1 N–H and O–H groups in total. The van der Waals surface area contributed by atoms with Crippen LogP contribution in [-0.2, 0) is 11.2 Å². The predicted octanol–water partition coefficient (Wildman–Crippen LogP) is 4.29. The number of nitrogens with zero attached hydrogens (tertiary/aromatic N) is 1. The van der Waals surface area contributed by atoms with Gasteiger partial charge >= 0.3 is 0 Å².